The molecular formula is C13H25N3. The molecule has 2 N–H and O–H groups in total. The van der Waals surface area contributed by atoms with Crippen LogP contribution < -0.4 is 5.73 Å². The summed E-state index contributed by atoms with van der Waals surface area (Å²) in [5.41, 5.74) is 7.18. The molecule has 3 heteroatoms. The Labute approximate surface area is 99.0 Å². The average molecular weight is 223 g/mol. The lowest BCUT2D eigenvalue weighted by molar-refractivity contribution is 0.489. The molecule has 1 rings (SSSR count). The van der Waals surface area contributed by atoms with Crippen LogP contribution in [0.1, 0.15) is 45.6 Å². The first-order chi connectivity index (χ1) is 7.61. The Balaban J connectivity index is 2.33. The summed E-state index contributed by atoms with van der Waals surface area (Å²) in [6.07, 6.45) is 8.53. The first-order valence-electron chi connectivity index (χ1n) is 6.38. The van der Waals surface area contributed by atoms with E-state index in [2.05, 4.69) is 32.1 Å². The molecule has 16 heavy (non-hydrogen) atoms. The fraction of sp³-hybridized carbons (Fsp3) is 0.769. The van der Waals surface area contributed by atoms with Gasteiger partial charge in [-0.2, -0.15) is 5.10 Å². The van der Waals surface area contributed by atoms with Gasteiger partial charge in [0.05, 0.1) is 6.20 Å². The van der Waals surface area contributed by atoms with Crippen LogP contribution in [0.2, 0.25) is 0 Å². The molecule has 1 aromatic rings. The summed E-state index contributed by atoms with van der Waals surface area (Å²) in [7, 11) is 0. The monoisotopic (exact) mass is 223 g/mol. The van der Waals surface area contributed by atoms with Crippen molar-refractivity contribution in [2.75, 3.05) is 0 Å². The third-order valence-corrected chi connectivity index (χ3v) is 2.88. The summed E-state index contributed by atoms with van der Waals surface area (Å²) in [6, 6.07) is 0.272. The largest absolute Gasteiger partial charge is 0.327 e. The van der Waals surface area contributed by atoms with E-state index in [9.17, 15) is 0 Å². The predicted molar refractivity (Wildman–Crippen MR) is 68.3 cm³/mol. The first-order valence-corrected chi connectivity index (χ1v) is 6.38. The van der Waals surface area contributed by atoms with Crippen LogP contribution in [-0.4, -0.2) is 15.8 Å². The van der Waals surface area contributed by atoms with Crippen molar-refractivity contribution in [1.82, 2.24) is 9.78 Å². The lowest BCUT2D eigenvalue weighted by atomic mass is 10.1. The fourth-order valence-electron chi connectivity index (χ4n) is 1.74. The van der Waals surface area contributed by atoms with Crippen molar-refractivity contribution in [3.05, 3.63) is 18.0 Å². The van der Waals surface area contributed by atoms with Crippen molar-refractivity contribution < 1.29 is 0 Å². The lowest BCUT2D eigenvalue weighted by Gasteiger charge is -2.06. The predicted octanol–water partition coefficient (Wildman–Crippen LogP) is 2.60. The SMILES string of the molecule is CCC(N)Cc1cnn(CCCC(C)C)c1. The molecular weight excluding hydrogens is 198 g/mol. The van der Waals surface area contributed by atoms with Crippen molar-refractivity contribution in [2.24, 2.45) is 11.7 Å². The zero-order valence-corrected chi connectivity index (χ0v) is 10.8. The Bertz CT molecular complexity index is 291. The molecule has 0 spiro atoms. The second-order valence-electron chi connectivity index (χ2n) is 5.02. The molecule has 1 atom stereocenters. The van der Waals surface area contributed by atoms with E-state index in [-0.39, 0.29) is 6.04 Å². The number of aromatic nitrogens is 2. The minimum atomic E-state index is 0.272. The van der Waals surface area contributed by atoms with Crippen molar-refractivity contribution in [2.45, 2.75) is 59.0 Å². The Kier molecular flexibility index (Phi) is 5.53. The maximum absolute atomic E-state index is 5.92. The van der Waals surface area contributed by atoms with Gasteiger partial charge in [0, 0.05) is 18.8 Å². The third-order valence-electron chi connectivity index (χ3n) is 2.88. The highest BCUT2D eigenvalue weighted by molar-refractivity contribution is 5.05. The maximum atomic E-state index is 5.92. The molecule has 0 aliphatic carbocycles. The van der Waals surface area contributed by atoms with Crippen LogP contribution in [-0.2, 0) is 13.0 Å². The van der Waals surface area contributed by atoms with Crippen LogP contribution in [0, 0.1) is 5.92 Å². The van der Waals surface area contributed by atoms with E-state index in [1.54, 1.807) is 0 Å². The molecule has 0 aliphatic rings. The smallest absolute Gasteiger partial charge is 0.0522 e. The molecule has 0 bridgehead atoms. The van der Waals surface area contributed by atoms with Crippen LogP contribution in [0.15, 0.2) is 12.4 Å². The second-order valence-corrected chi connectivity index (χ2v) is 5.02. The molecule has 0 amide bonds. The van der Waals surface area contributed by atoms with E-state index >= 15 is 0 Å². The van der Waals surface area contributed by atoms with Gasteiger partial charge in [-0.15, -0.1) is 0 Å². The van der Waals surface area contributed by atoms with Gasteiger partial charge >= 0.3 is 0 Å². The summed E-state index contributed by atoms with van der Waals surface area (Å²) in [5.74, 6) is 0.781. The summed E-state index contributed by atoms with van der Waals surface area (Å²) in [5, 5.41) is 4.36. The number of hydrogen-bond acceptors (Lipinski definition) is 2. The summed E-state index contributed by atoms with van der Waals surface area (Å²) in [6.45, 7) is 7.67. The van der Waals surface area contributed by atoms with Crippen molar-refractivity contribution >= 4 is 0 Å². The normalized spacial score (nSPS) is 13.3. The zero-order valence-electron chi connectivity index (χ0n) is 10.8. The molecule has 0 aromatic carbocycles. The molecule has 1 aromatic heterocycles. The van der Waals surface area contributed by atoms with E-state index in [1.807, 2.05) is 10.9 Å². The fourth-order valence-corrected chi connectivity index (χ4v) is 1.74. The first kappa shape index (κ1) is 13.2. The lowest BCUT2D eigenvalue weighted by Crippen LogP contribution is -2.21. The van der Waals surface area contributed by atoms with Gasteiger partial charge in [0.2, 0.25) is 0 Å². The number of aryl methyl sites for hydroxylation is 1. The Morgan fingerprint density at radius 2 is 2.19 bits per heavy atom. The number of nitrogens with zero attached hydrogens (tertiary/aromatic N) is 2. The van der Waals surface area contributed by atoms with Crippen LogP contribution in [0.4, 0.5) is 0 Å². The van der Waals surface area contributed by atoms with E-state index in [0.717, 1.165) is 25.3 Å². The molecule has 1 heterocycles. The summed E-state index contributed by atoms with van der Waals surface area (Å²) in [4.78, 5) is 0. The van der Waals surface area contributed by atoms with Gasteiger partial charge < -0.3 is 5.73 Å². The number of hydrogen-bond donors (Lipinski definition) is 1. The van der Waals surface area contributed by atoms with Crippen molar-refractivity contribution in [3.63, 3.8) is 0 Å². The standard InChI is InChI=1S/C13H25N3/c1-4-13(14)8-12-9-15-16(10-12)7-5-6-11(2)3/h9-11,13H,4-8,14H2,1-3H3. The highest BCUT2D eigenvalue weighted by Gasteiger charge is 2.04. The molecule has 0 fully saturated rings. The topological polar surface area (TPSA) is 43.8 Å². The average Bonchev–Trinajstić information content (AvgIpc) is 2.65. The minimum absolute atomic E-state index is 0.272. The van der Waals surface area contributed by atoms with Crippen LogP contribution in [0.3, 0.4) is 0 Å². The maximum Gasteiger partial charge on any atom is 0.0522 e. The van der Waals surface area contributed by atoms with Crippen LogP contribution >= 0.6 is 0 Å². The molecule has 92 valence electrons. The molecule has 1 unspecified atom stereocenters. The molecule has 0 saturated carbocycles. The van der Waals surface area contributed by atoms with Gasteiger partial charge in [-0.3, -0.25) is 4.68 Å². The Morgan fingerprint density at radius 1 is 1.44 bits per heavy atom. The quantitative estimate of drug-likeness (QED) is 0.772. The molecule has 3 nitrogen and oxygen atoms in total. The van der Waals surface area contributed by atoms with Gasteiger partial charge in [0.1, 0.15) is 0 Å². The molecule has 0 saturated heterocycles. The Hall–Kier alpha value is -0.830. The Morgan fingerprint density at radius 3 is 2.81 bits per heavy atom. The summed E-state index contributed by atoms with van der Waals surface area (Å²) < 4.78 is 2.04. The van der Waals surface area contributed by atoms with E-state index in [0.29, 0.717) is 0 Å². The second kappa shape index (κ2) is 6.69. The van der Waals surface area contributed by atoms with E-state index in [4.69, 9.17) is 5.73 Å². The summed E-state index contributed by atoms with van der Waals surface area (Å²) >= 11 is 0. The van der Waals surface area contributed by atoms with Gasteiger partial charge in [0.15, 0.2) is 0 Å². The number of nitrogens with two attached hydrogens (primary N) is 1. The number of rotatable bonds is 7. The van der Waals surface area contributed by atoms with Crippen LogP contribution in [0.5, 0.6) is 0 Å². The van der Waals surface area contributed by atoms with Crippen molar-refractivity contribution in [1.29, 1.82) is 0 Å². The van der Waals surface area contributed by atoms with E-state index < -0.39 is 0 Å². The van der Waals surface area contributed by atoms with Gasteiger partial charge in [-0.1, -0.05) is 20.8 Å². The highest BCUT2D eigenvalue weighted by Crippen LogP contribution is 2.07. The van der Waals surface area contributed by atoms with Gasteiger partial charge in [-0.25, -0.2) is 0 Å². The van der Waals surface area contributed by atoms with Gasteiger partial charge in [-0.05, 0) is 37.2 Å². The highest BCUT2D eigenvalue weighted by atomic mass is 15.3. The van der Waals surface area contributed by atoms with Gasteiger partial charge in [0.25, 0.3) is 0 Å². The minimum Gasteiger partial charge on any atom is -0.327 e. The van der Waals surface area contributed by atoms with Crippen LogP contribution in [0.25, 0.3) is 0 Å². The molecule has 0 aliphatic heterocycles. The van der Waals surface area contributed by atoms with Crippen molar-refractivity contribution in [3.8, 4) is 0 Å². The molecule has 0 radical (unpaired) electrons. The zero-order chi connectivity index (χ0) is 12.0. The third kappa shape index (κ3) is 4.79. The van der Waals surface area contributed by atoms with E-state index in [1.165, 1.54) is 18.4 Å².